The zero-order valence-electron chi connectivity index (χ0n) is 13.5. The zero-order valence-corrected chi connectivity index (χ0v) is 14.5. The molecule has 4 nitrogen and oxygen atoms in total. The van der Waals surface area contributed by atoms with Gasteiger partial charge in [-0.25, -0.2) is 13.2 Å². The Bertz CT molecular complexity index is 617. The van der Waals surface area contributed by atoms with Crippen LogP contribution < -0.4 is 10.5 Å². The average molecular weight is 371 g/mol. The molecule has 3 N–H and O–H groups in total. The minimum absolute atomic E-state index is 0.420. The predicted molar refractivity (Wildman–Crippen MR) is 78.0 cm³/mol. The monoisotopic (exact) mass is 371 g/mol. The Morgan fingerprint density at radius 3 is 1.58 bits per heavy atom. The molecule has 1 aromatic carbocycles. The average Bonchev–Trinajstić information content (AvgIpc) is 2.52. The molecule has 0 fully saturated rings. The van der Waals surface area contributed by atoms with Gasteiger partial charge in [0.2, 0.25) is 43.2 Å². The van der Waals surface area contributed by atoms with Gasteiger partial charge in [-0.15, -0.1) is 0 Å². The van der Waals surface area contributed by atoms with Crippen LogP contribution >= 0.6 is 0 Å². The third-order valence-corrected chi connectivity index (χ3v) is 8.91. The van der Waals surface area contributed by atoms with Gasteiger partial charge in [0.1, 0.15) is 5.67 Å². The molecule has 1 atom stereocenters. The van der Waals surface area contributed by atoms with E-state index in [2.05, 4.69) is 4.74 Å². The number of benzene rings is 1. The summed E-state index contributed by atoms with van der Waals surface area (Å²) in [5.74, 6) is -14.6. The van der Waals surface area contributed by atoms with Crippen molar-refractivity contribution in [2.24, 2.45) is 5.73 Å². The van der Waals surface area contributed by atoms with E-state index in [9.17, 15) is 31.5 Å². The normalized spacial score (nSPS) is 13.5. The quantitative estimate of drug-likeness (QED) is 0.208. The highest BCUT2D eigenvalue weighted by molar-refractivity contribution is 6.79. The summed E-state index contributed by atoms with van der Waals surface area (Å²) in [5.41, 5.74) is 3.21. The number of nitrogens with two attached hydrogens (primary N) is 1. The maximum atomic E-state index is 13.5. The second-order valence-electron chi connectivity index (χ2n) is 5.99. The van der Waals surface area contributed by atoms with Gasteiger partial charge in [0.15, 0.2) is 0 Å². The van der Waals surface area contributed by atoms with Crippen molar-refractivity contribution in [2.75, 3.05) is 0 Å². The molecule has 24 heavy (non-hydrogen) atoms. The van der Waals surface area contributed by atoms with Gasteiger partial charge in [-0.1, -0.05) is 27.7 Å². The van der Waals surface area contributed by atoms with Crippen molar-refractivity contribution < 1.29 is 36.3 Å². The first-order valence-corrected chi connectivity index (χ1v) is 9.26. The fourth-order valence-electron chi connectivity index (χ4n) is 2.41. The van der Waals surface area contributed by atoms with Crippen molar-refractivity contribution in [3.05, 3.63) is 29.1 Å². The lowest BCUT2D eigenvalue weighted by Crippen LogP contribution is -2.62. The molecule has 1 unspecified atom stereocenters. The fraction of sp³-hybridized carbons (Fsp3) is 0.500. The largest absolute Gasteiger partial charge is 0.429 e. The molecule has 1 rings (SSSR count). The number of hydrogen-bond donors (Lipinski definition) is 2. The van der Waals surface area contributed by atoms with Crippen LogP contribution in [0, 0.1) is 29.1 Å². The second kappa shape index (κ2) is 7.15. The third-order valence-electron chi connectivity index (χ3n) is 3.97. The molecule has 0 radical (unpaired) electrons. The summed E-state index contributed by atoms with van der Waals surface area (Å²) in [6, 6.07) is 0. The van der Waals surface area contributed by atoms with Gasteiger partial charge in [0.25, 0.3) is 0 Å². The summed E-state index contributed by atoms with van der Waals surface area (Å²) in [4.78, 5) is 22.7. The van der Waals surface area contributed by atoms with Gasteiger partial charge < -0.3 is 15.3 Å². The molecule has 0 aliphatic carbocycles. The highest BCUT2D eigenvalue weighted by Crippen LogP contribution is 2.34. The number of esters is 1. The van der Waals surface area contributed by atoms with E-state index in [4.69, 9.17) is 5.73 Å². The van der Waals surface area contributed by atoms with Crippen LogP contribution in [-0.2, 0) is 4.79 Å². The van der Waals surface area contributed by atoms with Crippen molar-refractivity contribution in [3.8, 4) is 5.75 Å². The molecule has 0 amide bonds. The van der Waals surface area contributed by atoms with Crippen LogP contribution in [0.15, 0.2) is 0 Å². The predicted octanol–water partition coefficient (Wildman–Crippen LogP) is 2.91. The highest BCUT2D eigenvalue weighted by atomic mass is 28.4. The number of rotatable bonds is 5. The Morgan fingerprint density at radius 2 is 1.25 bits per heavy atom. The Kier molecular flexibility index (Phi) is 6.12. The van der Waals surface area contributed by atoms with E-state index >= 15 is 0 Å². The lowest BCUT2D eigenvalue weighted by molar-refractivity contribution is -0.134. The lowest BCUT2D eigenvalue weighted by atomic mass is 10.2. The van der Waals surface area contributed by atoms with Crippen molar-refractivity contribution >= 4 is 14.3 Å². The zero-order chi connectivity index (χ0) is 19.0. The van der Waals surface area contributed by atoms with Crippen molar-refractivity contribution in [2.45, 2.75) is 44.4 Å². The number of hydrogen-bond acceptors (Lipinski definition) is 4. The summed E-state index contributed by atoms with van der Waals surface area (Å²) < 4.78 is 70.6. The highest BCUT2D eigenvalue weighted by Gasteiger charge is 2.49. The molecule has 0 aliphatic rings. The summed E-state index contributed by atoms with van der Waals surface area (Å²) in [6.45, 7) is 6.44. The van der Waals surface area contributed by atoms with Crippen LogP contribution in [0.4, 0.5) is 22.0 Å². The molecule has 0 saturated carbocycles. The first-order valence-electron chi connectivity index (χ1n) is 7.08. The van der Waals surface area contributed by atoms with Gasteiger partial charge in [0, 0.05) is 0 Å². The van der Waals surface area contributed by atoms with E-state index < -0.39 is 65.9 Å². The summed E-state index contributed by atoms with van der Waals surface area (Å²) >= 11 is 0. The maximum absolute atomic E-state index is 13.5. The summed E-state index contributed by atoms with van der Waals surface area (Å²) in [6.07, 6.45) is 0. The van der Waals surface area contributed by atoms with Gasteiger partial charge in [-0.2, -0.15) is 8.78 Å². The van der Waals surface area contributed by atoms with E-state index in [1.807, 2.05) is 0 Å². The van der Waals surface area contributed by atoms with Gasteiger partial charge in [-0.3, -0.25) is 4.79 Å². The molecule has 0 spiro atoms. The molecule has 0 heterocycles. The van der Waals surface area contributed by atoms with E-state index in [-0.39, 0.29) is 0 Å². The summed E-state index contributed by atoms with van der Waals surface area (Å²) in [7, 11) is -3.50. The topological polar surface area (TPSA) is 72.5 Å². The number of ether oxygens (including phenoxy) is 1. The van der Waals surface area contributed by atoms with Crippen LogP contribution in [0.2, 0.25) is 11.1 Å². The molecule has 0 aliphatic heterocycles. The van der Waals surface area contributed by atoms with Crippen LogP contribution in [-0.4, -0.2) is 24.7 Å². The van der Waals surface area contributed by atoms with Crippen molar-refractivity contribution in [1.29, 1.82) is 0 Å². The lowest BCUT2D eigenvalue weighted by Gasteiger charge is -2.36. The second-order valence-corrected chi connectivity index (χ2v) is 10.7. The smallest absolute Gasteiger partial charge is 0.328 e. The molecule has 0 bridgehead atoms. The summed E-state index contributed by atoms with van der Waals surface area (Å²) in [5, 5.41) is 0. The van der Waals surface area contributed by atoms with E-state index in [1.54, 1.807) is 27.7 Å². The third kappa shape index (κ3) is 3.31. The maximum Gasteiger partial charge on any atom is 0.328 e. The minimum Gasteiger partial charge on any atom is -0.429 e. The van der Waals surface area contributed by atoms with Crippen LogP contribution in [0.1, 0.15) is 27.7 Å². The Balaban J connectivity index is 3.26. The SMILES string of the molecule is CC(C)[Si](O)(C(C)C)C(N)C(=O)Oc1c(F)c(F)c(F)c(F)c1F. The standard InChI is InChI=1S/C14H18F5NO3Si/c1-5(2)24(22,6(3)4)13(20)14(21)23-12-10(18)8(16)7(15)9(17)11(12)19/h5-6,13,22H,20H2,1-4H3. The Morgan fingerprint density at radius 1 is 0.917 bits per heavy atom. The van der Waals surface area contributed by atoms with E-state index in [1.165, 1.54) is 0 Å². The van der Waals surface area contributed by atoms with Crippen LogP contribution in [0.3, 0.4) is 0 Å². The molecule has 0 aromatic heterocycles. The van der Waals surface area contributed by atoms with Crippen LogP contribution in [0.5, 0.6) is 5.75 Å². The molecular weight excluding hydrogens is 353 g/mol. The first kappa shape index (κ1) is 20.5. The molecular formula is C14H18F5NO3Si. The number of carbonyl (C=O) groups is 1. The van der Waals surface area contributed by atoms with Gasteiger partial charge in [-0.05, 0) is 11.1 Å². The Hall–Kier alpha value is -1.52. The first-order chi connectivity index (χ1) is 10.9. The van der Waals surface area contributed by atoms with Crippen LogP contribution in [0.25, 0.3) is 0 Å². The minimum atomic E-state index is -3.50. The molecule has 136 valence electrons. The van der Waals surface area contributed by atoms with Gasteiger partial charge >= 0.3 is 5.97 Å². The molecule has 10 heteroatoms. The van der Waals surface area contributed by atoms with E-state index in [0.29, 0.717) is 0 Å². The van der Waals surface area contributed by atoms with E-state index in [0.717, 1.165) is 0 Å². The van der Waals surface area contributed by atoms with Gasteiger partial charge in [0.05, 0.1) is 0 Å². The fourth-order valence-corrected chi connectivity index (χ4v) is 5.62. The molecule has 1 aromatic rings. The van der Waals surface area contributed by atoms with Crippen molar-refractivity contribution in [1.82, 2.24) is 0 Å². The number of halogens is 5. The van der Waals surface area contributed by atoms with Crippen molar-refractivity contribution in [3.63, 3.8) is 0 Å². The number of carbonyl (C=O) groups excluding carboxylic acids is 1. The Labute approximate surface area is 136 Å². The molecule has 0 saturated heterocycles.